The molecule has 3 aromatic rings. The highest BCUT2D eigenvalue weighted by Crippen LogP contribution is 2.40. The number of phenols is 4. The largest absolute Gasteiger partial charge is 0.504 e. The Hall–Kier alpha value is -3.35. The van der Waals surface area contributed by atoms with E-state index in [0.717, 1.165) is 12.3 Å². The van der Waals surface area contributed by atoms with Crippen LogP contribution in [0.3, 0.4) is 0 Å². The van der Waals surface area contributed by atoms with Gasteiger partial charge in [0.1, 0.15) is 17.2 Å². The summed E-state index contributed by atoms with van der Waals surface area (Å²) < 4.78 is 10.3. The molecule has 1 heterocycles. The van der Waals surface area contributed by atoms with Crippen LogP contribution in [0.15, 0.2) is 39.7 Å². The molecule has 3 rings (SSSR count). The number of ether oxygens (including phenoxy) is 1. The molecule has 118 valence electrons. The lowest BCUT2D eigenvalue weighted by molar-refractivity contribution is 0.370. The molecule has 0 aliphatic carbocycles. The number of methoxy groups -OCH3 is 1. The first-order valence-electron chi connectivity index (χ1n) is 6.50. The lowest BCUT2D eigenvalue weighted by atomic mass is 10.0. The van der Waals surface area contributed by atoms with Crippen molar-refractivity contribution < 1.29 is 29.6 Å². The molecule has 0 bridgehead atoms. The molecule has 0 unspecified atom stereocenters. The number of hydrogen-bond donors (Lipinski definition) is 4. The molecule has 7 heteroatoms. The third kappa shape index (κ3) is 2.18. The zero-order chi connectivity index (χ0) is 16.7. The van der Waals surface area contributed by atoms with Gasteiger partial charge in [0.25, 0.3) is 0 Å². The summed E-state index contributed by atoms with van der Waals surface area (Å²) in [6.45, 7) is 0. The van der Waals surface area contributed by atoms with E-state index >= 15 is 0 Å². The highest BCUT2D eigenvalue weighted by molar-refractivity contribution is 5.91. The van der Waals surface area contributed by atoms with E-state index in [9.17, 15) is 25.2 Å². The van der Waals surface area contributed by atoms with E-state index in [-0.39, 0.29) is 28.0 Å². The molecular weight excluding hydrogens is 304 g/mol. The minimum absolute atomic E-state index is 0.0720. The predicted molar refractivity (Wildman–Crippen MR) is 81.1 cm³/mol. The summed E-state index contributed by atoms with van der Waals surface area (Å²) in [5.74, 6) is -2.09. The van der Waals surface area contributed by atoms with Gasteiger partial charge in [-0.2, -0.15) is 0 Å². The van der Waals surface area contributed by atoms with E-state index in [1.54, 1.807) is 0 Å². The Morgan fingerprint density at radius 1 is 1.00 bits per heavy atom. The summed E-state index contributed by atoms with van der Waals surface area (Å²) in [6.07, 6.45) is 1.16. The lowest BCUT2D eigenvalue weighted by Crippen LogP contribution is -2.05. The van der Waals surface area contributed by atoms with Crippen LogP contribution in [0.4, 0.5) is 0 Å². The fourth-order valence-electron chi connectivity index (χ4n) is 2.29. The van der Waals surface area contributed by atoms with Gasteiger partial charge in [0.2, 0.25) is 11.2 Å². The first-order chi connectivity index (χ1) is 10.9. The monoisotopic (exact) mass is 316 g/mol. The number of fused-ring (bicyclic) bond motifs is 1. The van der Waals surface area contributed by atoms with Gasteiger partial charge >= 0.3 is 0 Å². The zero-order valence-electron chi connectivity index (χ0n) is 11.9. The fraction of sp³-hybridized carbons (Fsp3) is 0.0625. The van der Waals surface area contributed by atoms with Crippen molar-refractivity contribution in [2.75, 3.05) is 7.11 Å². The van der Waals surface area contributed by atoms with Gasteiger partial charge < -0.3 is 29.6 Å². The maximum absolute atomic E-state index is 12.6. The van der Waals surface area contributed by atoms with Crippen LogP contribution in [0.1, 0.15) is 0 Å². The molecule has 23 heavy (non-hydrogen) atoms. The molecule has 7 nitrogen and oxygen atoms in total. The van der Waals surface area contributed by atoms with Crippen LogP contribution in [0.2, 0.25) is 0 Å². The Balaban J connectivity index is 2.32. The molecule has 0 saturated carbocycles. The van der Waals surface area contributed by atoms with Gasteiger partial charge in [-0.1, -0.05) is 6.07 Å². The van der Waals surface area contributed by atoms with Gasteiger partial charge in [-0.3, -0.25) is 4.79 Å². The van der Waals surface area contributed by atoms with Crippen LogP contribution in [0.5, 0.6) is 28.7 Å². The van der Waals surface area contributed by atoms with Crippen molar-refractivity contribution in [1.29, 1.82) is 0 Å². The molecule has 0 aliphatic rings. The van der Waals surface area contributed by atoms with Crippen LogP contribution in [-0.4, -0.2) is 27.5 Å². The van der Waals surface area contributed by atoms with Crippen molar-refractivity contribution in [3.8, 4) is 39.9 Å². The lowest BCUT2D eigenvalue weighted by Gasteiger charge is -2.08. The van der Waals surface area contributed by atoms with Crippen molar-refractivity contribution >= 4 is 11.0 Å². The quantitative estimate of drug-likeness (QED) is 0.535. The van der Waals surface area contributed by atoms with E-state index < -0.39 is 22.7 Å². The van der Waals surface area contributed by atoms with E-state index in [2.05, 4.69) is 0 Å². The number of aromatic hydroxyl groups is 4. The normalized spacial score (nSPS) is 10.8. The Kier molecular flexibility index (Phi) is 3.25. The first kappa shape index (κ1) is 14.6. The number of phenolic OH excluding ortho intramolecular Hbond substituents is 4. The molecular formula is C16H12O7. The fourth-order valence-corrected chi connectivity index (χ4v) is 2.29. The molecule has 0 aliphatic heterocycles. The maximum Gasteiger partial charge on any atom is 0.204 e. The SMILES string of the molecule is COc1cc(-c2coc3cc(O)c(O)c(O)c3c2=O)ccc1O. The van der Waals surface area contributed by atoms with Gasteiger partial charge in [-0.15, -0.1) is 0 Å². The first-order valence-corrected chi connectivity index (χ1v) is 6.50. The van der Waals surface area contributed by atoms with Crippen molar-refractivity contribution in [2.24, 2.45) is 0 Å². The molecule has 0 fully saturated rings. The minimum atomic E-state index is -0.801. The highest BCUT2D eigenvalue weighted by atomic mass is 16.5. The second kappa shape index (κ2) is 5.13. The van der Waals surface area contributed by atoms with Gasteiger partial charge in [-0.05, 0) is 17.7 Å². The Morgan fingerprint density at radius 3 is 2.43 bits per heavy atom. The molecule has 2 aromatic carbocycles. The van der Waals surface area contributed by atoms with Gasteiger partial charge in [-0.25, -0.2) is 0 Å². The molecule has 0 saturated heterocycles. The summed E-state index contributed by atoms with van der Waals surface area (Å²) >= 11 is 0. The molecule has 4 N–H and O–H groups in total. The van der Waals surface area contributed by atoms with Crippen LogP contribution in [0.25, 0.3) is 22.1 Å². The number of hydrogen-bond acceptors (Lipinski definition) is 7. The minimum Gasteiger partial charge on any atom is -0.504 e. The Morgan fingerprint density at radius 2 is 1.74 bits per heavy atom. The van der Waals surface area contributed by atoms with Crippen molar-refractivity contribution in [3.63, 3.8) is 0 Å². The summed E-state index contributed by atoms with van der Waals surface area (Å²) in [7, 11) is 1.37. The number of rotatable bonds is 2. The van der Waals surface area contributed by atoms with Gasteiger partial charge in [0, 0.05) is 6.07 Å². The Bertz CT molecular complexity index is 972. The standard InChI is InChI=1S/C16H12O7/c1-22-11-4-7(2-3-9(11)17)8-6-23-12-5-10(18)15(20)16(21)13(12)14(8)19/h2-6,17-18,20-21H,1H3. The molecule has 0 radical (unpaired) electrons. The molecule has 0 amide bonds. The third-order valence-electron chi connectivity index (χ3n) is 3.48. The van der Waals surface area contributed by atoms with Crippen molar-refractivity contribution in [3.05, 3.63) is 40.8 Å². The van der Waals surface area contributed by atoms with E-state index in [1.807, 2.05) is 0 Å². The molecule has 1 aromatic heterocycles. The van der Waals surface area contributed by atoms with Crippen molar-refractivity contribution in [2.45, 2.75) is 0 Å². The van der Waals surface area contributed by atoms with Crippen molar-refractivity contribution in [1.82, 2.24) is 0 Å². The highest BCUT2D eigenvalue weighted by Gasteiger charge is 2.19. The summed E-state index contributed by atoms with van der Waals surface area (Å²) in [5, 5.41) is 38.3. The van der Waals surface area contributed by atoms with Crippen LogP contribution in [-0.2, 0) is 0 Å². The summed E-state index contributed by atoms with van der Waals surface area (Å²) in [4.78, 5) is 12.6. The second-order valence-corrected chi connectivity index (χ2v) is 4.83. The number of benzene rings is 2. The summed E-state index contributed by atoms with van der Waals surface area (Å²) in [6, 6.07) is 5.30. The van der Waals surface area contributed by atoms with Gasteiger partial charge in [0.05, 0.1) is 12.7 Å². The zero-order valence-corrected chi connectivity index (χ0v) is 11.9. The van der Waals surface area contributed by atoms with Crippen LogP contribution >= 0.6 is 0 Å². The smallest absolute Gasteiger partial charge is 0.204 e. The van der Waals surface area contributed by atoms with E-state index in [0.29, 0.717) is 5.56 Å². The Labute approximate surface area is 129 Å². The third-order valence-corrected chi connectivity index (χ3v) is 3.48. The summed E-state index contributed by atoms with van der Waals surface area (Å²) in [5.41, 5.74) is -0.192. The predicted octanol–water partition coefficient (Wildman–Crippen LogP) is 2.29. The van der Waals surface area contributed by atoms with E-state index in [1.165, 1.54) is 25.3 Å². The second-order valence-electron chi connectivity index (χ2n) is 4.83. The van der Waals surface area contributed by atoms with E-state index in [4.69, 9.17) is 9.15 Å². The van der Waals surface area contributed by atoms with Crippen LogP contribution < -0.4 is 10.2 Å². The maximum atomic E-state index is 12.6. The molecule has 0 atom stereocenters. The van der Waals surface area contributed by atoms with Gasteiger partial charge in [0.15, 0.2) is 23.0 Å². The molecule has 0 spiro atoms. The topological polar surface area (TPSA) is 120 Å². The average Bonchev–Trinajstić information content (AvgIpc) is 2.53. The average molecular weight is 316 g/mol. The van der Waals surface area contributed by atoms with Crippen LogP contribution in [0, 0.1) is 0 Å².